The number of aliphatic imine (C=N–C) groups is 1. The lowest BCUT2D eigenvalue weighted by Crippen LogP contribution is -2.35. The zero-order valence-electron chi connectivity index (χ0n) is 18.5. The smallest absolute Gasteiger partial charge is 0.258 e. The van der Waals surface area contributed by atoms with Crippen LogP contribution in [-0.4, -0.2) is 38.0 Å². The van der Waals surface area contributed by atoms with Crippen LogP contribution in [0.4, 0.5) is 5.69 Å². The maximum Gasteiger partial charge on any atom is 0.258 e. The molecule has 1 amide bonds. The van der Waals surface area contributed by atoms with Gasteiger partial charge >= 0.3 is 0 Å². The van der Waals surface area contributed by atoms with Crippen LogP contribution in [0, 0.1) is 0 Å². The maximum atomic E-state index is 11.9. The highest BCUT2D eigenvalue weighted by Gasteiger charge is 2.16. The number of nitrogens with zero attached hydrogens (tertiary/aromatic N) is 1. The zero-order chi connectivity index (χ0) is 22.7. The predicted octanol–water partition coefficient (Wildman–Crippen LogP) is 4.69. The van der Waals surface area contributed by atoms with Crippen LogP contribution >= 0.6 is 0 Å². The van der Waals surface area contributed by atoms with Gasteiger partial charge < -0.3 is 19.5 Å². The third kappa shape index (κ3) is 7.47. The van der Waals surface area contributed by atoms with Crippen LogP contribution in [0.15, 0.2) is 83.9 Å². The fourth-order valence-electron chi connectivity index (χ4n) is 3.40. The molecule has 33 heavy (non-hydrogen) atoms. The molecule has 6 nitrogen and oxygen atoms in total. The summed E-state index contributed by atoms with van der Waals surface area (Å²) in [4.78, 5) is 16.4. The summed E-state index contributed by atoms with van der Waals surface area (Å²) >= 11 is 0. The number of rotatable bonds is 10. The second-order valence-electron chi connectivity index (χ2n) is 7.82. The molecule has 0 bridgehead atoms. The molecule has 1 aliphatic rings. The number of amides is 1. The SMILES string of the molecule is O=C(COc1ccc(C=Nc2ccc(OCc3ccccc3)cc2)cc1)NC[C@H]1CCCO1. The van der Waals surface area contributed by atoms with Crippen molar-refractivity contribution in [3.05, 3.63) is 90.0 Å². The molecule has 170 valence electrons. The van der Waals surface area contributed by atoms with Crippen LogP contribution in [0.1, 0.15) is 24.0 Å². The Morgan fingerprint density at radius 2 is 1.70 bits per heavy atom. The molecule has 3 aromatic rings. The lowest BCUT2D eigenvalue weighted by molar-refractivity contribution is -0.123. The average Bonchev–Trinajstić information content (AvgIpc) is 3.39. The number of hydrogen-bond donors (Lipinski definition) is 1. The number of carbonyl (C=O) groups is 1. The summed E-state index contributed by atoms with van der Waals surface area (Å²) in [5.74, 6) is 1.30. The first-order valence-corrected chi connectivity index (χ1v) is 11.2. The zero-order valence-corrected chi connectivity index (χ0v) is 18.5. The molecule has 4 rings (SSSR count). The Kier molecular flexibility index (Phi) is 8.08. The Morgan fingerprint density at radius 1 is 0.970 bits per heavy atom. The first kappa shape index (κ1) is 22.6. The Labute approximate surface area is 194 Å². The molecule has 1 aliphatic heterocycles. The first-order valence-electron chi connectivity index (χ1n) is 11.2. The molecule has 1 saturated heterocycles. The van der Waals surface area contributed by atoms with Gasteiger partial charge in [0, 0.05) is 19.4 Å². The van der Waals surface area contributed by atoms with Gasteiger partial charge in [-0.25, -0.2) is 0 Å². The fourth-order valence-corrected chi connectivity index (χ4v) is 3.40. The summed E-state index contributed by atoms with van der Waals surface area (Å²) in [5.41, 5.74) is 2.91. The summed E-state index contributed by atoms with van der Waals surface area (Å²) in [6.45, 7) is 1.84. The van der Waals surface area contributed by atoms with Gasteiger partial charge in [-0.15, -0.1) is 0 Å². The lowest BCUT2D eigenvalue weighted by atomic mass is 10.2. The van der Waals surface area contributed by atoms with Crippen molar-refractivity contribution in [3.63, 3.8) is 0 Å². The Bertz CT molecular complexity index is 1030. The van der Waals surface area contributed by atoms with E-state index in [1.807, 2.05) is 78.9 Å². The molecular formula is C27H28N2O4. The third-order valence-corrected chi connectivity index (χ3v) is 5.25. The number of carbonyl (C=O) groups excluding carboxylic acids is 1. The first-order chi connectivity index (χ1) is 16.2. The Hall–Kier alpha value is -3.64. The van der Waals surface area contributed by atoms with E-state index >= 15 is 0 Å². The van der Waals surface area contributed by atoms with Crippen molar-refractivity contribution in [2.75, 3.05) is 19.8 Å². The second-order valence-corrected chi connectivity index (χ2v) is 7.82. The minimum atomic E-state index is -0.146. The van der Waals surface area contributed by atoms with Crippen molar-refractivity contribution >= 4 is 17.8 Å². The van der Waals surface area contributed by atoms with E-state index in [9.17, 15) is 4.79 Å². The lowest BCUT2D eigenvalue weighted by Gasteiger charge is -2.11. The van der Waals surface area contributed by atoms with E-state index < -0.39 is 0 Å². The summed E-state index contributed by atoms with van der Waals surface area (Å²) in [7, 11) is 0. The van der Waals surface area contributed by atoms with E-state index in [0.717, 1.165) is 42.0 Å². The minimum absolute atomic E-state index is 0.0150. The highest BCUT2D eigenvalue weighted by Crippen LogP contribution is 2.19. The molecule has 6 heteroatoms. The van der Waals surface area contributed by atoms with Crippen LogP contribution in [0.5, 0.6) is 11.5 Å². The molecule has 1 fully saturated rings. The topological polar surface area (TPSA) is 69.2 Å². The molecule has 0 saturated carbocycles. The van der Waals surface area contributed by atoms with Gasteiger partial charge in [-0.3, -0.25) is 9.79 Å². The number of benzene rings is 3. The Balaban J connectivity index is 1.20. The van der Waals surface area contributed by atoms with E-state index in [1.165, 1.54) is 0 Å². The summed E-state index contributed by atoms with van der Waals surface area (Å²) in [5, 5.41) is 2.85. The van der Waals surface area contributed by atoms with Crippen molar-refractivity contribution in [2.24, 2.45) is 4.99 Å². The monoisotopic (exact) mass is 444 g/mol. The van der Waals surface area contributed by atoms with Gasteiger partial charge in [0.2, 0.25) is 0 Å². The predicted molar refractivity (Wildman–Crippen MR) is 128 cm³/mol. The molecule has 0 spiro atoms. The highest BCUT2D eigenvalue weighted by molar-refractivity contribution is 5.82. The van der Waals surface area contributed by atoms with Crippen LogP contribution in [-0.2, 0) is 16.1 Å². The summed E-state index contributed by atoms with van der Waals surface area (Å²) in [6.07, 6.45) is 3.97. The second kappa shape index (κ2) is 11.8. The van der Waals surface area contributed by atoms with Crippen LogP contribution in [0.3, 0.4) is 0 Å². The molecule has 1 N–H and O–H groups in total. The largest absolute Gasteiger partial charge is 0.489 e. The summed E-state index contributed by atoms with van der Waals surface area (Å²) < 4.78 is 16.9. The molecule has 0 aliphatic carbocycles. The molecule has 0 radical (unpaired) electrons. The van der Waals surface area contributed by atoms with Gasteiger partial charge in [-0.05, 0) is 72.5 Å². The Morgan fingerprint density at radius 3 is 2.42 bits per heavy atom. The van der Waals surface area contributed by atoms with Gasteiger partial charge in [-0.1, -0.05) is 30.3 Å². The van der Waals surface area contributed by atoms with Crippen molar-refractivity contribution in [1.29, 1.82) is 0 Å². The van der Waals surface area contributed by atoms with Gasteiger partial charge in [-0.2, -0.15) is 0 Å². The number of nitrogens with one attached hydrogen (secondary N) is 1. The average molecular weight is 445 g/mol. The molecule has 3 aromatic carbocycles. The van der Waals surface area contributed by atoms with E-state index in [-0.39, 0.29) is 18.6 Å². The number of ether oxygens (including phenoxy) is 3. The van der Waals surface area contributed by atoms with E-state index in [0.29, 0.717) is 18.9 Å². The fraction of sp³-hybridized carbons (Fsp3) is 0.259. The van der Waals surface area contributed by atoms with Gasteiger partial charge in [0.1, 0.15) is 18.1 Å². The highest BCUT2D eigenvalue weighted by atomic mass is 16.5. The van der Waals surface area contributed by atoms with Crippen molar-refractivity contribution in [2.45, 2.75) is 25.6 Å². The maximum absolute atomic E-state index is 11.9. The summed E-state index contributed by atoms with van der Waals surface area (Å²) in [6, 6.07) is 25.2. The quantitative estimate of drug-likeness (QED) is 0.461. The molecule has 1 heterocycles. The van der Waals surface area contributed by atoms with E-state index in [1.54, 1.807) is 6.21 Å². The van der Waals surface area contributed by atoms with Crippen LogP contribution in [0.25, 0.3) is 0 Å². The standard InChI is InChI=1S/C27H28N2O4/c30-27(29-18-26-7-4-16-31-26)20-33-24-12-8-21(9-13-24)17-28-23-10-14-25(15-11-23)32-19-22-5-2-1-3-6-22/h1-3,5-6,8-15,17,26H,4,7,16,18-20H2,(H,29,30)/t26-/m1/s1. The van der Waals surface area contributed by atoms with Gasteiger partial charge in [0.05, 0.1) is 11.8 Å². The third-order valence-electron chi connectivity index (χ3n) is 5.25. The van der Waals surface area contributed by atoms with Gasteiger partial charge in [0.15, 0.2) is 6.61 Å². The van der Waals surface area contributed by atoms with Crippen LogP contribution in [0.2, 0.25) is 0 Å². The van der Waals surface area contributed by atoms with Crippen LogP contribution < -0.4 is 14.8 Å². The van der Waals surface area contributed by atoms with Crippen molar-refractivity contribution in [1.82, 2.24) is 5.32 Å². The molecule has 0 unspecified atom stereocenters. The molecular weight excluding hydrogens is 416 g/mol. The van der Waals surface area contributed by atoms with E-state index in [4.69, 9.17) is 14.2 Å². The molecule has 1 atom stereocenters. The van der Waals surface area contributed by atoms with E-state index in [2.05, 4.69) is 10.3 Å². The van der Waals surface area contributed by atoms with Crippen molar-refractivity contribution in [3.8, 4) is 11.5 Å². The molecule has 0 aromatic heterocycles. The number of hydrogen-bond acceptors (Lipinski definition) is 5. The normalized spacial score (nSPS) is 15.5. The minimum Gasteiger partial charge on any atom is -0.489 e. The van der Waals surface area contributed by atoms with Crippen molar-refractivity contribution < 1.29 is 19.0 Å². The van der Waals surface area contributed by atoms with Gasteiger partial charge in [0.25, 0.3) is 5.91 Å².